The Bertz CT molecular complexity index is 3420. The van der Waals surface area contributed by atoms with E-state index in [1.165, 1.54) is 119 Å². The minimum Gasteiger partial charge on any atom is -0.135 e. The standard InChI is InChI=1S/C56H42S/c1-5-15-43-40(6-2)54(45-22-9-10-23-46(45)55(43)44-24-14-17-34-16-7-8-20-41(34)44)37-19-13-18-35(28-37)36-26-27-50-47(29-36)48-30-39-33-53-49(42-21-11-12-25-52(42)57-53)31-38(39)32-51(48)56(50,3)4/h6-33H,5H2,1-4H3/b40-6+,43-15+. The zero-order valence-corrected chi connectivity index (χ0v) is 33.6. The summed E-state index contributed by atoms with van der Waals surface area (Å²) in [6.45, 7) is 9.24. The van der Waals surface area contributed by atoms with Crippen molar-refractivity contribution in [1.29, 1.82) is 0 Å². The van der Waals surface area contributed by atoms with E-state index >= 15 is 0 Å². The SMILES string of the molecule is C/C=c1/c(-c2cccc(-c3ccc4c(c3)-c3cc5cc6sc7ccccc7c6cc5cc3C4(C)C)c2)c2ccccc2c(-c2cccc3ccccc23)/c1=C/CC. The topological polar surface area (TPSA) is 0 Å². The number of thiophene rings is 1. The molecule has 1 aromatic heterocycles. The number of hydrogen-bond acceptors (Lipinski definition) is 1. The molecular formula is C56H42S. The number of fused-ring (bicyclic) bond motifs is 9. The summed E-state index contributed by atoms with van der Waals surface area (Å²) in [6.07, 6.45) is 5.71. The molecule has 1 aliphatic rings. The van der Waals surface area contributed by atoms with Crippen LogP contribution in [0.1, 0.15) is 45.2 Å². The first-order valence-electron chi connectivity index (χ1n) is 20.3. The molecular weight excluding hydrogens is 705 g/mol. The van der Waals surface area contributed by atoms with Gasteiger partial charge in [0.05, 0.1) is 0 Å². The highest BCUT2D eigenvalue weighted by Crippen LogP contribution is 2.51. The third-order valence-corrected chi connectivity index (χ3v) is 13.8. The van der Waals surface area contributed by atoms with Crippen LogP contribution in [0.5, 0.6) is 0 Å². The minimum absolute atomic E-state index is 0.0896. The summed E-state index contributed by atoms with van der Waals surface area (Å²) in [5.74, 6) is 0. The third-order valence-electron chi connectivity index (χ3n) is 12.7. The van der Waals surface area contributed by atoms with Crippen molar-refractivity contribution in [3.05, 3.63) is 179 Å². The molecule has 0 unspecified atom stereocenters. The lowest BCUT2D eigenvalue weighted by molar-refractivity contribution is 0.661. The molecule has 10 aromatic rings. The quantitative estimate of drug-likeness (QED) is 0.168. The van der Waals surface area contributed by atoms with Gasteiger partial charge in [-0.1, -0.05) is 148 Å². The Morgan fingerprint density at radius 2 is 1.12 bits per heavy atom. The van der Waals surface area contributed by atoms with Crippen LogP contribution in [-0.2, 0) is 5.41 Å². The maximum Gasteiger partial charge on any atom is 0.0361 e. The first-order chi connectivity index (χ1) is 27.9. The van der Waals surface area contributed by atoms with Crippen LogP contribution in [0, 0.1) is 0 Å². The van der Waals surface area contributed by atoms with Crippen molar-refractivity contribution in [2.45, 2.75) is 39.5 Å². The van der Waals surface area contributed by atoms with Gasteiger partial charge in [0.1, 0.15) is 0 Å². The maximum atomic E-state index is 2.47. The van der Waals surface area contributed by atoms with E-state index in [0.29, 0.717) is 0 Å². The summed E-state index contributed by atoms with van der Waals surface area (Å²) in [4.78, 5) is 0. The molecule has 1 heterocycles. The van der Waals surface area contributed by atoms with Gasteiger partial charge < -0.3 is 0 Å². The summed E-state index contributed by atoms with van der Waals surface area (Å²) in [6, 6.07) is 59.6. The van der Waals surface area contributed by atoms with Crippen LogP contribution in [0.2, 0.25) is 0 Å². The summed E-state index contributed by atoms with van der Waals surface area (Å²) in [5, 5.41) is 13.1. The van der Waals surface area contributed by atoms with E-state index in [-0.39, 0.29) is 5.41 Å². The Morgan fingerprint density at radius 3 is 1.95 bits per heavy atom. The predicted molar refractivity (Wildman–Crippen MR) is 250 cm³/mol. The molecule has 0 spiro atoms. The van der Waals surface area contributed by atoms with Gasteiger partial charge in [-0.15, -0.1) is 11.3 Å². The molecule has 0 fully saturated rings. The van der Waals surface area contributed by atoms with Gasteiger partial charge in [0.15, 0.2) is 0 Å². The predicted octanol–water partition coefficient (Wildman–Crippen LogP) is 14.8. The first kappa shape index (κ1) is 34.0. The smallest absolute Gasteiger partial charge is 0.0361 e. The number of hydrogen-bond donors (Lipinski definition) is 0. The lowest BCUT2D eigenvalue weighted by atomic mass is 9.81. The fraction of sp³-hybridized carbons (Fsp3) is 0.107. The summed E-state index contributed by atoms with van der Waals surface area (Å²) >= 11 is 1.90. The van der Waals surface area contributed by atoms with Gasteiger partial charge in [0.2, 0.25) is 0 Å². The summed E-state index contributed by atoms with van der Waals surface area (Å²) < 4.78 is 2.71. The molecule has 1 aliphatic carbocycles. The monoisotopic (exact) mass is 746 g/mol. The Hall–Kier alpha value is -6.28. The molecule has 0 atom stereocenters. The zero-order valence-electron chi connectivity index (χ0n) is 32.8. The Morgan fingerprint density at radius 1 is 0.456 bits per heavy atom. The van der Waals surface area contributed by atoms with E-state index < -0.39 is 0 Å². The first-order valence-corrected chi connectivity index (χ1v) is 21.1. The number of rotatable bonds is 4. The van der Waals surface area contributed by atoms with Gasteiger partial charge in [-0.25, -0.2) is 0 Å². The molecule has 1 heteroatoms. The van der Waals surface area contributed by atoms with Gasteiger partial charge in [-0.2, -0.15) is 0 Å². The van der Waals surface area contributed by atoms with Crippen molar-refractivity contribution in [1.82, 2.24) is 0 Å². The molecule has 11 rings (SSSR count). The summed E-state index contributed by atoms with van der Waals surface area (Å²) in [5.41, 5.74) is 13.1. The fourth-order valence-electron chi connectivity index (χ4n) is 9.99. The van der Waals surface area contributed by atoms with Gasteiger partial charge in [0, 0.05) is 25.6 Å². The molecule has 0 bridgehead atoms. The molecule has 0 saturated heterocycles. The zero-order chi connectivity index (χ0) is 38.4. The van der Waals surface area contributed by atoms with Crippen LogP contribution in [-0.4, -0.2) is 0 Å². The van der Waals surface area contributed by atoms with E-state index in [1.54, 1.807) is 0 Å². The van der Waals surface area contributed by atoms with Crippen molar-refractivity contribution in [3.8, 4) is 44.5 Å². The van der Waals surface area contributed by atoms with Gasteiger partial charge in [0.25, 0.3) is 0 Å². The minimum atomic E-state index is -0.0896. The van der Waals surface area contributed by atoms with Crippen molar-refractivity contribution in [2.24, 2.45) is 0 Å². The molecule has 0 nitrogen and oxygen atoms in total. The van der Waals surface area contributed by atoms with E-state index in [1.807, 2.05) is 11.3 Å². The fourth-order valence-corrected chi connectivity index (χ4v) is 11.1. The Balaban J connectivity index is 1.09. The van der Waals surface area contributed by atoms with Crippen LogP contribution in [0.3, 0.4) is 0 Å². The highest BCUT2D eigenvalue weighted by Gasteiger charge is 2.36. The van der Waals surface area contributed by atoms with Crippen molar-refractivity contribution in [3.63, 3.8) is 0 Å². The maximum absolute atomic E-state index is 2.47. The summed E-state index contributed by atoms with van der Waals surface area (Å²) in [7, 11) is 0. The average Bonchev–Trinajstić information content (AvgIpc) is 3.71. The lowest BCUT2D eigenvalue weighted by Gasteiger charge is -2.22. The highest BCUT2D eigenvalue weighted by atomic mass is 32.1. The van der Waals surface area contributed by atoms with E-state index in [4.69, 9.17) is 0 Å². The molecule has 0 N–H and O–H groups in total. The van der Waals surface area contributed by atoms with Crippen molar-refractivity contribution >= 4 is 76.0 Å². The molecule has 272 valence electrons. The molecule has 0 aliphatic heterocycles. The van der Waals surface area contributed by atoms with Crippen molar-refractivity contribution in [2.75, 3.05) is 0 Å². The van der Waals surface area contributed by atoms with Crippen molar-refractivity contribution < 1.29 is 0 Å². The largest absolute Gasteiger partial charge is 0.135 e. The van der Waals surface area contributed by atoms with E-state index in [2.05, 4.69) is 198 Å². The van der Waals surface area contributed by atoms with E-state index in [0.717, 1.165) is 6.42 Å². The van der Waals surface area contributed by atoms with Crippen LogP contribution >= 0.6 is 11.3 Å². The van der Waals surface area contributed by atoms with Crippen LogP contribution in [0.25, 0.3) is 109 Å². The van der Waals surface area contributed by atoms with Crippen LogP contribution in [0.4, 0.5) is 0 Å². The van der Waals surface area contributed by atoms with Gasteiger partial charge >= 0.3 is 0 Å². The molecule has 0 radical (unpaired) electrons. The van der Waals surface area contributed by atoms with E-state index in [9.17, 15) is 0 Å². The molecule has 0 amide bonds. The molecule has 9 aromatic carbocycles. The normalized spacial score (nSPS) is 14.0. The molecule has 0 saturated carbocycles. The number of benzene rings is 9. The lowest BCUT2D eigenvalue weighted by Crippen LogP contribution is -2.29. The van der Waals surface area contributed by atoms with Gasteiger partial charge in [-0.3, -0.25) is 0 Å². The Labute approximate surface area is 337 Å². The Kier molecular flexibility index (Phi) is 7.68. The second-order valence-electron chi connectivity index (χ2n) is 16.2. The van der Waals surface area contributed by atoms with Crippen LogP contribution < -0.4 is 10.4 Å². The van der Waals surface area contributed by atoms with Crippen LogP contribution in [0.15, 0.2) is 158 Å². The second-order valence-corrected chi connectivity index (χ2v) is 17.3. The third kappa shape index (κ3) is 5.12. The highest BCUT2D eigenvalue weighted by molar-refractivity contribution is 7.25. The average molecular weight is 747 g/mol. The molecule has 57 heavy (non-hydrogen) atoms. The van der Waals surface area contributed by atoms with Gasteiger partial charge in [-0.05, 0) is 154 Å². The second kappa shape index (κ2) is 12.9.